The fourth-order valence-electron chi connectivity index (χ4n) is 4.17. The molecule has 1 fully saturated rings. The maximum atomic E-state index is 13.4. The average Bonchev–Trinajstić information content (AvgIpc) is 3.14. The molecule has 176 valence electrons. The number of aryl methyl sites for hydroxylation is 1. The first-order chi connectivity index (χ1) is 15.6. The molecule has 0 spiro atoms. The fourth-order valence-corrected chi connectivity index (χ4v) is 4.34. The number of amides is 1. The van der Waals surface area contributed by atoms with Gasteiger partial charge in [0.15, 0.2) is 0 Å². The van der Waals surface area contributed by atoms with Crippen LogP contribution in [-0.2, 0) is 13.2 Å². The van der Waals surface area contributed by atoms with Gasteiger partial charge in [0.05, 0.1) is 12.6 Å². The molecule has 0 bridgehead atoms. The number of carbonyl (C=O) groups is 1. The molecule has 1 aliphatic rings. The summed E-state index contributed by atoms with van der Waals surface area (Å²) in [6, 6.07) is 5.32. The van der Waals surface area contributed by atoms with Crippen LogP contribution in [0.15, 0.2) is 30.5 Å². The molecule has 2 atom stereocenters. The SMILES string of the molecule is COc1nn(C)cc1C(=O)N[C@@H]1CCC[C@H](Nc2cc(C(F)(F)F)nc3ccc(Cl)cc23)C1. The molecule has 1 saturated carbocycles. The molecule has 2 aromatic heterocycles. The highest BCUT2D eigenvalue weighted by molar-refractivity contribution is 6.31. The van der Waals surface area contributed by atoms with Crippen molar-refractivity contribution in [2.75, 3.05) is 12.4 Å². The number of nitrogens with zero attached hydrogens (tertiary/aromatic N) is 3. The predicted molar refractivity (Wildman–Crippen MR) is 119 cm³/mol. The highest BCUT2D eigenvalue weighted by atomic mass is 35.5. The summed E-state index contributed by atoms with van der Waals surface area (Å²) in [4.78, 5) is 16.5. The van der Waals surface area contributed by atoms with Crippen molar-refractivity contribution in [3.8, 4) is 5.88 Å². The molecule has 33 heavy (non-hydrogen) atoms. The van der Waals surface area contributed by atoms with Gasteiger partial charge >= 0.3 is 6.18 Å². The van der Waals surface area contributed by atoms with Gasteiger partial charge in [0.25, 0.3) is 5.91 Å². The quantitative estimate of drug-likeness (QED) is 0.547. The first kappa shape index (κ1) is 23.2. The Bertz CT molecular complexity index is 1180. The second-order valence-electron chi connectivity index (χ2n) is 8.12. The van der Waals surface area contributed by atoms with Gasteiger partial charge in [0.2, 0.25) is 5.88 Å². The van der Waals surface area contributed by atoms with Crippen molar-refractivity contribution in [2.24, 2.45) is 7.05 Å². The number of pyridine rings is 1. The third-order valence-corrected chi connectivity index (χ3v) is 5.90. The number of hydrogen-bond acceptors (Lipinski definition) is 5. The number of aromatic nitrogens is 3. The molecular formula is C22H23ClF3N5O2. The monoisotopic (exact) mass is 481 g/mol. The smallest absolute Gasteiger partial charge is 0.433 e. The lowest BCUT2D eigenvalue weighted by atomic mass is 9.90. The Hall–Kier alpha value is -3.01. The normalized spacial score (nSPS) is 18.8. The van der Waals surface area contributed by atoms with Crippen molar-refractivity contribution in [3.05, 3.63) is 46.7 Å². The van der Waals surface area contributed by atoms with E-state index in [-0.39, 0.29) is 29.4 Å². The Morgan fingerprint density at radius 2 is 2.00 bits per heavy atom. The van der Waals surface area contributed by atoms with Gasteiger partial charge in [0.1, 0.15) is 11.3 Å². The summed E-state index contributed by atoms with van der Waals surface area (Å²) >= 11 is 6.09. The molecule has 1 amide bonds. The number of alkyl halides is 3. The zero-order valence-electron chi connectivity index (χ0n) is 18.0. The van der Waals surface area contributed by atoms with Crippen molar-refractivity contribution in [3.63, 3.8) is 0 Å². The number of carbonyl (C=O) groups excluding carboxylic acids is 1. The Morgan fingerprint density at radius 1 is 1.24 bits per heavy atom. The van der Waals surface area contributed by atoms with E-state index in [0.717, 1.165) is 25.3 Å². The second-order valence-corrected chi connectivity index (χ2v) is 8.55. The zero-order chi connectivity index (χ0) is 23.8. The van der Waals surface area contributed by atoms with Gasteiger partial charge in [-0.1, -0.05) is 11.6 Å². The van der Waals surface area contributed by atoms with Crippen molar-refractivity contribution in [1.29, 1.82) is 0 Å². The molecule has 11 heteroatoms. The van der Waals surface area contributed by atoms with E-state index in [1.807, 2.05) is 0 Å². The van der Waals surface area contributed by atoms with Gasteiger partial charge < -0.3 is 15.4 Å². The summed E-state index contributed by atoms with van der Waals surface area (Å²) in [7, 11) is 3.14. The van der Waals surface area contributed by atoms with E-state index < -0.39 is 11.9 Å². The zero-order valence-corrected chi connectivity index (χ0v) is 18.8. The number of hydrogen-bond donors (Lipinski definition) is 2. The molecule has 0 aliphatic heterocycles. The topological polar surface area (TPSA) is 81.1 Å². The lowest BCUT2D eigenvalue weighted by Crippen LogP contribution is -2.41. The largest absolute Gasteiger partial charge is 0.479 e. The second kappa shape index (κ2) is 9.09. The lowest BCUT2D eigenvalue weighted by molar-refractivity contribution is -0.140. The molecule has 0 radical (unpaired) electrons. The highest BCUT2D eigenvalue weighted by Crippen LogP contribution is 2.35. The van der Waals surface area contributed by atoms with E-state index in [1.54, 1.807) is 19.3 Å². The Morgan fingerprint density at radius 3 is 2.73 bits per heavy atom. The summed E-state index contributed by atoms with van der Waals surface area (Å²) in [5.74, 6) is -0.0635. The van der Waals surface area contributed by atoms with E-state index in [9.17, 15) is 18.0 Å². The van der Waals surface area contributed by atoms with Crippen LogP contribution in [-0.4, -0.2) is 39.9 Å². The van der Waals surface area contributed by atoms with Crippen LogP contribution in [0.2, 0.25) is 5.02 Å². The van der Waals surface area contributed by atoms with Crippen LogP contribution in [0, 0.1) is 0 Å². The molecule has 0 saturated heterocycles. The summed E-state index contributed by atoms with van der Waals surface area (Å²) in [6.07, 6.45) is -0.103. The van der Waals surface area contributed by atoms with E-state index in [0.29, 0.717) is 28.1 Å². The Balaban J connectivity index is 1.53. The maximum absolute atomic E-state index is 13.4. The van der Waals surface area contributed by atoms with Crippen LogP contribution in [0.3, 0.4) is 0 Å². The summed E-state index contributed by atoms with van der Waals surface area (Å²) in [6.45, 7) is 0. The Kier molecular flexibility index (Phi) is 6.38. The predicted octanol–water partition coefficient (Wildman–Crippen LogP) is 4.80. The summed E-state index contributed by atoms with van der Waals surface area (Å²) in [5.41, 5.74) is -0.106. The maximum Gasteiger partial charge on any atom is 0.433 e. The van der Waals surface area contributed by atoms with Crippen LogP contribution in [0.25, 0.3) is 10.9 Å². The number of nitrogens with one attached hydrogen (secondary N) is 2. The molecule has 1 aliphatic carbocycles. The van der Waals surface area contributed by atoms with Gasteiger partial charge in [-0.05, 0) is 49.9 Å². The van der Waals surface area contributed by atoms with Crippen LogP contribution in [0.1, 0.15) is 41.7 Å². The molecular weight excluding hydrogens is 459 g/mol. The van der Waals surface area contributed by atoms with Gasteiger partial charge in [-0.2, -0.15) is 13.2 Å². The highest BCUT2D eigenvalue weighted by Gasteiger charge is 2.34. The summed E-state index contributed by atoms with van der Waals surface area (Å²) < 4.78 is 46.9. The number of anilines is 1. The van der Waals surface area contributed by atoms with Crippen LogP contribution in [0.5, 0.6) is 5.88 Å². The van der Waals surface area contributed by atoms with Gasteiger partial charge in [-0.15, -0.1) is 5.10 Å². The molecule has 2 heterocycles. The van der Waals surface area contributed by atoms with Crippen molar-refractivity contribution in [1.82, 2.24) is 20.1 Å². The van der Waals surface area contributed by atoms with Crippen LogP contribution in [0.4, 0.5) is 18.9 Å². The van der Waals surface area contributed by atoms with Gasteiger partial charge in [-0.3, -0.25) is 9.48 Å². The minimum Gasteiger partial charge on any atom is -0.479 e. The van der Waals surface area contributed by atoms with Crippen LogP contribution >= 0.6 is 11.6 Å². The van der Waals surface area contributed by atoms with Gasteiger partial charge in [-0.25, -0.2) is 4.98 Å². The van der Waals surface area contributed by atoms with E-state index >= 15 is 0 Å². The number of ether oxygens (including phenoxy) is 1. The molecule has 3 aromatic rings. The standard InChI is InChI=1S/C22H23ClF3N5O2/c1-31-11-16(21(30-31)33-2)20(32)28-14-5-3-4-13(9-14)27-18-10-19(22(24,25)26)29-17-7-6-12(23)8-15(17)18/h6-8,10-11,13-14H,3-5,9H2,1-2H3,(H,27,29)(H,28,32)/t13-,14+/m0/s1. The van der Waals surface area contributed by atoms with E-state index in [2.05, 4.69) is 20.7 Å². The third-order valence-electron chi connectivity index (χ3n) is 5.66. The molecule has 1 aromatic carbocycles. The number of benzene rings is 1. The van der Waals surface area contributed by atoms with E-state index in [4.69, 9.17) is 16.3 Å². The molecule has 2 N–H and O–H groups in total. The summed E-state index contributed by atoms with van der Waals surface area (Å²) in [5, 5.41) is 11.3. The average molecular weight is 482 g/mol. The first-order valence-electron chi connectivity index (χ1n) is 10.5. The minimum absolute atomic E-state index is 0.134. The lowest BCUT2D eigenvalue weighted by Gasteiger charge is -2.31. The Labute approximate surface area is 193 Å². The van der Waals surface area contributed by atoms with Gasteiger partial charge in [0, 0.05) is 41.4 Å². The fraction of sp³-hybridized carbons (Fsp3) is 0.409. The van der Waals surface area contributed by atoms with Crippen LogP contribution < -0.4 is 15.4 Å². The number of methoxy groups -OCH3 is 1. The minimum atomic E-state index is -4.57. The number of fused-ring (bicyclic) bond motifs is 1. The molecule has 0 unspecified atom stereocenters. The number of rotatable bonds is 5. The van der Waals surface area contributed by atoms with Crippen molar-refractivity contribution >= 4 is 34.1 Å². The number of halogens is 4. The third kappa shape index (κ3) is 5.16. The van der Waals surface area contributed by atoms with Crippen molar-refractivity contribution < 1.29 is 22.7 Å². The molecule has 7 nitrogen and oxygen atoms in total. The van der Waals surface area contributed by atoms with Crippen molar-refractivity contribution in [2.45, 2.75) is 43.9 Å². The first-order valence-corrected chi connectivity index (χ1v) is 10.8. The molecule has 4 rings (SSSR count). The van der Waals surface area contributed by atoms with E-state index in [1.165, 1.54) is 23.9 Å².